The topological polar surface area (TPSA) is 24.5 Å². The van der Waals surface area contributed by atoms with Gasteiger partial charge in [-0.15, -0.1) is 24.8 Å². The lowest BCUT2D eigenvalue weighted by Crippen LogP contribution is -2.61. The third-order valence-electron chi connectivity index (χ3n) is 5.38. The van der Waals surface area contributed by atoms with Gasteiger partial charge in [0.15, 0.2) is 0 Å². The molecule has 2 bridgehead atoms. The molecular formula is C13H24Cl2N2O. The molecular weight excluding hydrogens is 271 g/mol. The van der Waals surface area contributed by atoms with Gasteiger partial charge in [0.25, 0.3) is 0 Å². The van der Waals surface area contributed by atoms with Gasteiger partial charge >= 0.3 is 0 Å². The average Bonchev–Trinajstić information content (AvgIpc) is 2.96. The second-order valence-corrected chi connectivity index (χ2v) is 6.60. The molecule has 1 unspecified atom stereocenters. The summed E-state index contributed by atoms with van der Waals surface area (Å²) in [5.41, 5.74) is 0.648. The van der Waals surface area contributed by atoms with E-state index in [2.05, 4.69) is 17.3 Å². The number of hydrogen-bond donors (Lipinski definition) is 1. The number of morpholine rings is 1. The average molecular weight is 295 g/mol. The molecule has 1 N–H and O–H groups in total. The van der Waals surface area contributed by atoms with Gasteiger partial charge in [0.2, 0.25) is 0 Å². The summed E-state index contributed by atoms with van der Waals surface area (Å²) >= 11 is 0. The van der Waals surface area contributed by atoms with Crippen LogP contribution < -0.4 is 5.32 Å². The van der Waals surface area contributed by atoms with E-state index in [1.54, 1.807) is 0 Å². The molecule has 3 aliphatic heterocycles. The highest BCUT2D eigenvalue weighted by Gasteiger charge is 2.56. The minimum absolute atomic E-state index is 0. The van der Waals surface area contributed by atoms with Gasteiger partial charge in [-0.3, -0.25) is 4.90 Å². The van der Waals surface area contributed by atoms with Crippen molar-refractivity contribution in [3.63, 3.8) is 0 Å². The van der Waals surface area contributed by atoms with Gasteiger partial charge in [-0.2, -0.15) is 0 Å². The smallest absolute Gasteiger partial charge is 0.0839 e. The zero-order valence-electron chi connectivity index (χ0n) is 11.0. The van der Waals surface area contributed by atoms with Gasteiger partial charge < -0.3 is 10.1 Å². The number of rotatable bonds is 0. The fraction of sp³-hybridized carbons (Fsp3) is 1.00. The Kier molecular flexibility index (Phi) is 3.95. The molecule has 0 aromatic rings. The molecule has 3 saturated heterocycles. The van der Waals surface area contributed by atoms with E-state index < -0.39 is 0 Å². The number of fused-ring (bicyclic) bond motifs is 2. The lowest BCUT2D eigenvalue weighted by atomic mass is 9.85. The normalized spacial score (nSPS) is 44.5. The van der Waals surface area contributed by atoms with E-state index in [4.69, 9.17) is 4.74 Å². The number of piperidine rings is 1. The Bertz CT molecular complexity index is 310. The number of hydrogen-bond acceptors (Lipinski definition) is 3. The van der Waals surface area contributed by atoms with E-state index in [1.165, 1.54) is 45.1 Å². The molecule has 0 radical (unpaired) electrons. The highest BCUT2D eigenvalue weighted by molar-refractivity contribution is 5.85. The number of likely N-dealkylation sites (N-methyl/N-ethyl adjacent to an activating group) is 1. The van der Waals surface area contributed by atoms with E-state index in [9.17, 15) is 0 Å². The Morgan fingerprint density at radius 3 is 2.22 bits per heavy atom. The molecule has 18 heavy (non-hydrogen) atoms. The molecule has 0 amide bonds. The van der Waals surface area contributed by atoms with E-state index in [1.807, 2.05) is 0 Å². The molecule has 4 rings (SSSR count). The van der Waals surface area contributed by atoms with Gasteiger partial charge in [0.1, 0.15) is 0 Å². The van der Waals surface area contributed by atoms with Crippen LogP contribution in [-0.4, -0.2) is 48.3 Å². The van der Waals surface area contributed by atoms with Gasteiger partial charge in [-0.05, 0) is 45.6 Å². The van der Waals surface area contributed by atoms with Gasteiger partial charge in [-0.1, -0.05) is 0 Å². The molecule has 106 valence electrons. The Hall–Kier alpha value is 0.460. The van der Waals surface area contributed by atoms with Crippen LogP contribution in [0.15, 0.2) is 0 Å². The maximum absolute atomic E-state index is 6.35. The summed E-state index contributed by atoms with van der Waals surface area (Å²) in [6.45, 7) is 2.16. The maximum atomic E-state index is 6.35. The fourth-order valence-corrected chi connectivity index (χ4v) is 4.17. The van der Waals surface area contributed by atoms with Crippen LogP contribution in [0.5, 0.6) is 0 Å². The zero-order chi connectivity index (χ0) is 10.8. The summed E-state index contributed by atoms with van der Waals surface area (Å²) in [6, 6.07) is 1.47. The molecule has 1 aliphatic carbocycles. The van der Waals surface area contributed by atoms with Gasteiger partial charge in [0.05, 0.1) is 12.2 Å². The summed E-state index contributed by atoms with van der Waals surface area (Å²) in [5, 5.41) is 3.71. The van der Waals surface area contributed by atoms with Crippen molar-refractivity contribution in [3.05, 3.63) is 0 Å². The predicted octanol–water partition coefficient (Wildman–Crippen LogP) is 1.98. The quantitative estimate of drug-likeness (QED) is 0.739. The number of nitrogens with zero attached hydrogens (tertiary/aromatic N) is 1. The number of halogens is 2. The lowest BCUT2D eigenvalue weighted by molar-refractivity contribution is -0.154. The number of ether oxygens (including phenoxy) is 1. The first-order valence-corrected chi connectivity index (χ1v) is 6.81. The SMILES string of the molecule is CN1CC2(C[C@H]3CC[C@@H](C2)N3)OCC12CC2.Cl.Cl. The summed E-state index contributed by atoms with van der Waals surface area (Å²) in [7, 11) is 2.31. The molecule has 2 spiro atoms. The minimum Gasteiger partial charge on any atom is -0.372 e. The summed E-state index contributed by atoms with van der Waals surface area (Å²) in [4.78, 5) is 2.60. The summed E-state index contributed by atoms with van der Waals surface area (Å²) in [5.74, 6) is 0. The van der Waals surface area contributed by atoms with Crippen molar-refractivity contribution in [1.82, 2.24) is 10.2 Å². The zero-order valence-corrected chi connectivity index (χ0v) is 12.6. The second kappa shape index (κ2) is 4.78. The van der Waals surface area contributed by atoms with Crippen molar-refractivity contribution < 1.29 is 4.74 Å². The maximum Gasteiger partial charge on any atom is 0.0839 e. The van der Waals surface area contributed by atoms with Crippen LogP contribution in [0.3, 0.4) is 0 Å². The third kappa shape index (κ3) is 2.18. The Labute approximate surface area is 122 Å². The third-order valence-corrected chi connectivity index (χ3v) is 5.38. The molecule has 5 heteroatoms. The van der Waals surface area contributed by atoms with E-state index in [0.29, 0.717) is 5.54 Å². The molecule has 0 aromatic carbocycles. The van der Waals surface area contributed by atoms with E-state index >= 15 is 0 Å². The summed E-state index contributed by atoms with van der Waals surface area (Å²) in [6.07, 6.45) is 7.92. The van der Waals surface area contributed by atoms with E-state index in [0.717, 1.165) is 18.7 Å². The molecule has 3 nitrogen and oxygen atoms in total. The first-order valence-electron chi connectivity index (χ1n) is 6.81. The van der Waals surface area contributed by atoms with Gasteiger partial charge in [-0.25, -0.2) is 0 Å². The van der Waals surface area contributed by atoms with Crippen LogP contribution in [0.1, 0.15) is 38.5 Å². The van der Waals surface area contributed by atoms with E-state index in [-0.39, 0.29) is 30.4 Å². The minimum atomic E-state index is 0. The first-order chi connectivity index (χ1) is 7.70. The second-order valence-electron chi connectivity index (χ2n) is 6.60. The van der Waals surface area contributed by atoms with Crippen LogP contribution in [0.25, 0.3) is 0 Å². The van der Waals surface area contributed by atoms with Crippen LogP contribution in [0, 0.1) is 0 Å². The van der Waals surface area contributed by atoms with Crippen LogP contribution in [0.2, 0.25) is 0 Å². The number of nitrogens with one attached hydrogen (secondary N) is 1. The Balaban J connectivity index is 0.000000602. The van der Waals surface area contributed by atoms with Crippen molar-refractivity contribution >= 4 is 24.8 Å². The highest BCUT2D eigenvalue weighted by atomic mass is 35.5. The molecule has 0 aromatic heterocycles. The van der Waals surface area contributed by atoms with Crippen LogP contribution in [0.4, 0.5) is 0 Å². The van der Waals surface area contributed by atoms with Crippen molar-refractivity contribution in [1.29, 1.82) is 0 Å². The Morgan fingerprint density at radius 1 is 1.11 bits per heavy atom. The fourth-order valence-electron chi connectivity index (χ4n) is 4.17. The van der Waals surface area contributed by atoms with Crippen molar-refractivity contribution in [2.24, 2.45) is 0 Å². The summed E-state index contributed by atoms with van der Waals surface area (Å²) < 4.78 is 6.35. The molecule has 3 atom stereocenters. The molecule has 1 saturated carbocycles. The predicted molar refractivity (Wildman–Crippen MR) is 77.0 cm³/mol. The molecule has 4 fully saturated rings. The lowest BCUT2D eigenvalue weighted by Gasteiger charge is -2.49. The first kappa shape index (κ1) is 14.9. The van der Waals surface area contributed by atoms with Crippen LogP contribution >= 0.6 is 24.8 Å². The van der Waals surface area contributed by atoms with Crippen LogP contribution in [-0.2, 0) is 4.74 Å². The van der Waals surface area contributed by atoms with Crippen molar-refractivity contribution in [2.45, 2.75) is 61.7 Å². The Morgan fingerprint density at radius 2 is 1.72 bits per heavy atom. The molecule has 3 heterocycles. The van der Waals surface area contributed by atoms with Gasteiger partial charge in [0, 0.05) is 24.2 Å². The van der Waals surface area contributed by atoms with Crippen molar-refractivity contribution in [3.8, 4) is 0 Å². The molecule has 4 aliphatic rings. The monoisotopic (exact) mass is 294 g/mol. The van der Waals surface area contributed by atoms with Crippen molar-refractivity contribution in [2.75, 3.05) is 20.2 Å². The standard InChI is InChI=1S/C13H22N2O.2ClH/c1-15-8-13(16-9-12(15)4-5-12)6-10-2-3-11(7-13)14-10;;/h10-11,14H,2-9H2,1H3;2*1H/t10-,11+,13?;;. The largest absolute Gasteiger partial charge is 0.372 e. The highest BCUT2D eigenvalue weighted by Crippen LogP contribution is 2.49.